The highest BCUT2D eigenvalue weighted by molar-refractivity contribution is 5.78. The Morgan fingerprint density at radius 2 is 1.83 bits per heavy atom. The maximum atomic E-state index is 12.3. The monoisotopic (exact) mass is 394 g/mol. The lowest BCUT2D eigenvalue weighted by Crippen LogP contribution is -2.34. The van der Waals surface area contributed by atoms with E-state index < -0.39 is 0 Å². The second-order valence-electron chi connectivity index (χ2n) is 6.92. The van der Waals surface area contributed by atoms with Crippen LogP contribution in [-0.4, -0.2) is 31.3 Å². The molecule has 0 aliphatic heterocycles. The molecule has 1 N–H and O–H groups in total. The van der Waals surface area contributed by atoms with Gasteiger partial charge in [0.1, 0.15) is 0 Å². The Kier molecular flexibility index (Phi) is 6.89. The van der Waals surface area contributed by atoms with Crippen molar-refractivity contribution in [2.75, 3.05) is 14.2 Å². The fourth-order valence-corrected chi connectivity index (χ4v) is 3.11. The Morgan fingerprint density at radius 1 is 1.07 bits per heavy atom. The van der Waals surface area contributed by atoms with Gasteiger partial charge < -0.3 is 19.3 Å². The summed E-state index contributed by atoms with van der Waals surface area (Å²) in [7, 11) is 3.17. The Labute approximate surface area is 170 Å². The number of amides is 1. The van der Waals surface area contributed by atoms with E-state index in [1.54, 1.807) is 26.4 Å². The number of hydrogen-bond acceptors (Lipinski definition) is 5. The predicted molar refractivity (Wildman–Crippen MR) is 111 cm³/mol. The van der Waals surface area contributed by atoms with Gasteiger partial charge in [-0.05, 0) is 43.5 Å². The number of carbonyl (C=O) groups is 1. The summed E-state index contributed by atoms with van der Waals surface area (Å²) >= 11 is 0. The summed E-state index contributed by atoms with van der Waals surface area (Å²) in [5.74, 6) is 1.75. The molecule has 1 atom stereocenters. The number of rotatable bonds is 9. The largest absolute Gasteiger partial charge is 0.493 e. The molecule has 1 unspecified atom stereocenters. The predicted octanol–water partition coefficient (Wildman–Crippen LogP) is 4.04. The third-order valence-electron chi connectivity index (χ3n) is 4.68. The Balaban J connectivity index is 1.55. The van der Waals surface area contributed by atoms with Gasteiger partial charge in [0.05, 0.1) is 26.3 Å². The van der Waals surface area contributed by atoms with E-state index in [2.05, 4.69) is 22.6 Å². The highest BCUT2D eigenvalue weighted by Gasteiger charge is 2.14. The second kappa shape index (κ2) is 9.78. The topological polar surface area (TPSA) is 73.6 Å². The van der Waals surface area contributed by atoms with Gasteiger partial charge in [-0.25, -0.2) is 0 Å². The molecule has 0 aliphatic carbocycles. The Morgan fingerprint density at radius 3 is 2.55 bits per heavy atom. The average Bonchev–Trinajstić information content (AvgIpc) is 3.20. The lowest BCUT2D eigenvalue weighted by Gasteiger charge is -2.13. The summed E-state index contributed by atoms with van der Waals surface area (Å²) in [6, 6.07) is 17.6. The van der Waals surface area contributed by atoms with Crippen LogP contribution in [0.3, 0.4) is 0 Å². The maximum Gasteiger partial charge on any atom is 0.226 e. The Bertz CT molecular complexity index is 937. The lowest BCUT2D eigenvalue weighted by molar-refractivity contribution is -0.121. The van der Waals surface area contributed by atoms with Crippen LogP contribution in [0.2, 0.25) is 0 Å². The molecule has 29 heavy (non-hydrogen) atoms. The van der Waals surface area contributed by atoms with Gasteiger partial charge in [-0.2, -0.15) is 0 Å². The zero-order valence-electron chi connectivity index (χ0n) is 17.0. The van der Waals surface area contributed by atoms with E-state index in [1.165, 1.54) is 5.56 Å². The van der Waals surface area contributed by atoms with Gasteiger partial charge in [-0.1, -0.05) is 35.5 Å². The molecule has 1 amide bonds. The fraction of sp³-hybridized carbons (Fsp3) is 0.304. The van der Waals surface area contributed by atoms with Crippen molar-refractivity contribution in [3.63, 3.8) is 0 Å². The number of benzene rings is 2. The van der Waals surface area contributed by atoms with Crippen LogP contribution in [0.25, 0.3) is 11.3 Å². The minimum atomic E-state index is -0.0716. The molecule has 0 spiro atoms. The summed E-state index contributed by atoms with van der Waals surface area (Å²) in [6.45, 7) is 2.01. The summed E-state index contributed by atoms with van der Waals surface area (Å²) in [5, 5.41) is 7.05. The summed E-state index contributed by atoms with van der Waals surface area (Å²) in [6.07, 6.45) is 1.98. The first-order valence-electron chi connectivity index (χ1n) is 9.60. The van der Waals surface area contributed by atoms with Gasteiger partial charge in [0, 0.05) is 17.7 Å². The summed E-state index contributed by atoms with van der Waals surface area (Å²) in [4.78, 5) is 12.3. The van der Waals surface area contributed by atoms with Crippen molar-refractivity contribution >= 4 is 5.91 Å². The number of carbonyl (C=O) groups excluding carboxylic acids is 1. The standard InChI is InChI=1S/C23H26N2O4/c1-16(9-10-17-7-5-4-6-8-17)24-23(26)15-19-14-21(29-25-19)18-11-12-20(27-2)22(13-18)28-3/h4-8,11-14,16H,9-10,15H2,1-3H3,(H,24,26). The first kappa shape index (κ1) is 20.5. The molecule has 0 radical (unpaired) electrons. The molecule has 3 aromatic rings. The van der Waals surface area contributed by atoms with Crippen molar-refractivity contribution in [3.05, 3.63) is 65.9 Å². The van der Waals surface area contributed by atoms with Crippen LogP contribution in [-0.2, 0) is 17.6 Å². The maximum absolute atomic E-state index is 12.3. The van der Waals surface area contributed by atoms with E-state index >= 15 is 0 Å². The van der Waals surface area contributed by atoms with Crippen LogP contribution in [0.15, 0.2) is 59.1 Å². The number of ether oxygens (including phenoxy) is 2. The van der Waals surface area contributed by atoms with Crippen LogP contribution >= 0.6 is 0 Å². The van der Waals surface area contributed by atoms with Crippen molar-refractivity contribution in [3.8, 4) is 22.8 Å². The van der Waals surface area contributed by atoms with Gasteiger partial charge in [-0.3, -0.25) is 4.79 Å². The van der Waals surface area contributed by atoms with Crippen molar-refractivity contribution in [1.29, 1.82) is 0 Å². The van der Waals surface area contributed by atoms with Gasteiger partial charge in [0.2, 0.25) is 5.91 Å². The molecule has 6 heteroatoms. The zero-order valence-corrected chi connectivity index (χ0v) is 17.0. The molecular weight excluding hydrogens is 368 g/mol. The van der Waals surface area contributed by atoms with Crippen molar-refractivity contribution in [2.45, 2.75) is 32.2 Å². The van der Waals surface area contributed by atoms with Gasteiger partial charge in [-0.15, -0.1) is 0 Å². The van der Waals surface area contributed by atoms with E-state index in [1.807, 2.05) is 37.3 Å². The zero-order chi connectivity index (χ0) is 20.6. The molecule has 1 heterocycles. The third-order valence-corrected chi connectivity index (χ3v) is 4.68. The quantitative estimate of drug-likeness (QED) is 0.593. The molecule has 6 nitrogen and oxygen atoms in total. The second-order valence-corrected chi connectivity index (χ2v) is 6.92. The average molecular weight is 394 g/mol. The number of hydrogen-bond donors (Lipinski definition) is 1. The molecule has 0 bridgehead atoms. The molecule has 3 rings (SSSR count). The van der Waals surface area contributed by atoms with Crippen LogP contribution in [0.1, 0.15) is 24.6 Å². The molecule has 0 aliphatic rings. The van der Waals surface area contributed by atoms with Gasteiger partial charge in [0.25, 0.3) is 0 Å². The highest BCUT2D eigenvalue weighted by Crippen LogP contribution is 2.32. The first-order valence-corrected chi connectivity index (χ1v) is 9.60. The normalized spacial score (nSPS) is 11.7. The van der Waals surface area contributed by atoms with Crippen molar-refractivity contribution in [2.24, 2.45) is 0 Å². The van der Waals surface area contributed by atoms with Crippen LogP contribution in [0.4, 0.5) is 0 Å². The van der Waals surface area contributed by atoms with E-state index in [0.717, 1.165) is 18.4 Å². The molecule has 0 saturated heterocycles. The molecule has 2 aromatic carbocycles. The van der Waals surface area contributed by atoms with Crippen molar-refractivity contribution < 1.29 is 18.8 Å². The van der Waals surface area contributed by atoms with Crippen molar-refractivity contribution in [1.82, 2.24) is 10.5 Å². The number of nitrogens with zero attached hydrogens (tertiary/aromatic N) is 1. The minimum absolute atomic E-state index is 0.0716. The van der Waals surface area contributed by atoms with E-state index in [-0.39, 0.29) is 18.4 Å². The number of methoxy groups -OCH3 is 2. The van der Waals surface area contributed by atoms with Crippen LogP contribution in [0.5, 0.6) is 11.5 Å². The third kappa shape index (κ3) is 5.60. The number of aromatic nitrogens is 1. The van der Waals surface area contributed by atoms with E-state index in [0.29, 0.717) is 23.0 Å². The number of aryl methyl sites for hydroxylation is 1. The molecule has 0 saturated carbocycles. The molecule has 0 fully saturated rings. The van der Waals surface area contributed by atoms with Gasteiger partial charge in [0.15, 0.2) is 17.3 Å². The smallest absolute Gasteiger partial charge is 0.226 e. The van der Waals surface area contributed by atoms with E-state index in [4.69, 9.17) is 14.0 Å². The highest BCUT2D eigenvalue weighted by atomic mass is 16.5. The lowest BCUT2D eigenvalue weighted by atomic mass is 10.1. The van der Waals surface area contributed by atoms with Gasteiger partial charge >= 0.3 is 0 Å². The van der Waals surface area contributed by atoms with E-state index in [9.17, 15) is 4.79 Å². The first-order chi connectivity index (χ1) is 14.1. The van der Waals surface area contributed by atoms with Crippen LogP contribution < -0.4 is 14.8 Å². The summed E-state index contributed by atoms with van der Waals surface area (Å²) < 4.78 is 16.0. The number of nitrogens with one attached hydrogen (secondary N) is 1. The molecular formula is C23H26N2O4. The summed E-state index contributed by atoms with van der Waals surface area (Å²) in [5.41, 5.74) is 2.66. The minimum Gasteiger partial charge on any atom is -0.493 e. The Hall–Kier alpha value is -3.28. The SMILES string of the molecule is COc1ccc(-c2cc(CC(=O)NC(C)CCc3ccccc3)no2)cc1OC. The molecule has 1 aromatic heterocycles. The van der Waals surface area contributed by atoms with Crippen LogP contribution in [0, 0.1) is 0 Å². The fourth-order valence-electron chi connectivity index (χ4n) is 3.11. The molecule has 152 valence electrons.